The standard InChI is InChI=1S/C15H19NO2/c1-3-12-8-15(18)16(9-12)10-14(17)13-7-5-4-6-11(13)2/h4-7,12H,3,8-10H2,1-2H3. The fourth-order valence-electron chi connectivity index (χ4n) is 2.42. The van der Waals surface area contributed by atoms with Crippen LogP contribution in [-0.4, -0.2) is 29.7 Å². The lowest BCUT2D eigenvalue weighted by atomic mass is 10.0. The van der Waals surface area contributed by atoms with Crippen LogP contribution in [0.15, 0.2) is 24.3 Å². The third kappa shape index (κ3) is 2.61. The van der Waals surface area contributed by atoms with Crippen LogP contribution in [0.2, 0.25) is 0 Å². The van der Waals surface area contributed by atoms with E-state index < -0.39 is 0 Å². The molecule has 0 bridgehead atoms. The number of aryl methyl sites for hydroxylation is 1. The van der Waals surface area contributed by atoms with Gasteiger partial charge >= 0.3 is 0 Å². The van der Waals surface area contributed by atoms with E-state index in [1.165, 1.54) is 0 Å². The minimum atomic E-state index is 0.0400. The van der Waals surface area contributed by atoms with Gasteiger partial charge in [-0.1, -0.05) is 37.6 Å². The van der Waals surface area contributed by atoms with Crippen LogP contribution in [0.25, 0.3) is 0 Å². The number of carbonyl (C=O) groups excluding carboxylic acids is 2. The monoisotopic (exact) mass is 245 g/mol. The van der Waals surface area contributed by atoms with Gasteiger partial charge in [0.1, 0.15) is 0 Å². The van der Waals surface area contributed by atoms with Crippen LogP contribution in [0.3, 0.4) is 0 Å². The molecule has 0 aromatic heterocycles. The van der Waals surface area contributed by atoms with Gasteiger partial charge in [-0.15, -0.1) is 0 Å². The largest absolute Gasteiger partial charge is 0.335 e. The van der Waals surface area contributed by atoms with Crippen molar-refractivity contribution in [1.82, 2.24) is 4.90 Å². The number of carbonyl (C=O) groups is 2. The van der Waals surface area contributed by atoms with Gasteiger partial charge in [0.05, 0.1) is 6.54 Å². The lowest BCUT2D eigenvalue weighted by molar-refractivity contribution is -0.127. The number of amides is 1. The molecule has 2 rings (SSSR count). The molecular formula is C15H19NO2. The number of nitrogens with zero attached hydrogens (tertiary/aromatic N) is 1. The maximum absolute atomic E-state index is 12.2. The van der Waals surface area contributed by atoms with Crippen molar-refractivity contribution in [2.75, 3.05) is 13.1 Å². The number of rotatable bonds is 4. The van der Waals surface area contributed by atoms with E-state index in [4.69, 9.17) is 0 Å². The van der Waals surface area contributed by atoms with Crippen molar-refractivity contribution >= 4 is 11.7 Å². The van der Waals surface area contributed by atoms with Crippen LogP contribution in [0.1, 0.15) is 35.7 Å². The molecule has 1 fully saturated rings. The number of ketones is 1. The first-order valence-corrected chi connectivity index (χ1v) is 6.48. The zero-order valence-corrected chi connectivity index (χ0v) is 11.0. The Morgan fingerprint density at radius 2 is 2.11 bits per heavy atom. The second kappa shape index (κ2) is 5.34. The van der Waals surface area contributed by atoms with E-state index in [2.05, 4.69) is 6.92 Å². The number of benzene rings is 1. The van der Waals surface area contributed by atoms with Crippen molar-refractivity contribution in [2.24, 2.45) is 5.92 Å². The molecule has 0 aliphatic carbocycles. The quantitative estimate of drug-likeness (QED) is 0.764. The summed E-state index contributed by atoms with van der Waals surface area (Å²) in [6.07, 6.45) is 1.60. The highest BCUT2D eigenvalue weighted by Gasteiger charge is 2.29. The van der Waals surface area contributed by atoms with Crippen LogP contribution >= 0.6 is 0 Å². The van der Waals surface area contributed by atoms with E-state index in [-0.39, 0.29) is 18.2 Å². The minimum Gasteiger partial charge on any atom is -0.335 e. The van der Waals surface area contributed by atoms with Gasteiger partial charge in [0.2, 0.25) is 5.91 Å². The van der Waals surface area contributed by atoms with Gasteiger partial charge in [-0.05, 0) is 18.4 Å². The zero-order valence-electron chi connectivity index (χ0n) is 11.0. The van der Waals surface area contributed by atoms with E-state index in [9.17, 15) is 9.59 Å². The summed E-state index contributed by atoms with van der Waals surface area (Å²) in [5, 5.41) is 0. The maximum Gasteiger partial charge on any atom is 0.223 e. The molecule has 1 aromatic carbocycles. The number of likely N-dealkylation sites (tertiary alicyclic amines) is 1. The van der Waals surface area contributed by atoms with Crippen LogP contribution < -0.4 is 0 Å². The average molecular weight is 245 g/mol. The SMILES string of the molecule is CCC1CC(=O)N(CC(=O)c2ccccc2C)C1. The summed E-state index contributed by atoms with van der Waals surface area (Å²) in [5.74, 6) is 0.573. The normalized spacial score (nSPS) is 19.3. The van der Waals surface area contributed by atoms with E-state index in [0.29, 0.717) is 12.3 Å². The highest BCUT2D eigenvalue weighted by molar-refractivity contribution is 6.00. The summed E-state index contributed by atoms with van der Waals surface area (Å²) < 4.78 is 0. The third-order valence-corrected chi connectivity index (χ3v) is 3.65. The van der Waals surface area contributed by atoms with Gasteiger partial charge in [0.25, 0.3) is 0 Å². The summed E-state index contributed by atoms with van der Waals surface area (Å²) in [6, 6.07) is 7.53. The molecule has 0 radical (unpaired) electrons. The molecule has 0 saturated carbocycles. The van der Waals surface area contributed by atoms with Crippen molar-refractivity contribution in [3.8, 4) is 0 Å². The Labute approximate surface area is 108 Å². The molecule has 96 valence electrons. The molecule has 1 aliphatic rings. The number of hydrogen-bond acceptors (Lipinski definition) is 2. The Balaban J connectivity index is 2.05. The Morgan fingerprint density at radius 3 is 2.72 bits per heavy atom. The van der Waals surface area contributed by atoms with E-state index in [1.54, 1.807) is 4.90 Å². The molecular weight excluding hydrogens is 226 g/mol. The molecule has 3 heteroatoms. The molecule has 1 unspecified atom stereocenters. The molecule has 0 N–H and O–H groups in total. The lowest BCUT2D eigenvalue weighted by Crippen LogP contribution is -2.31. The Kier molecular flexibility index (Phi) is 3.80. The second-order valence-corrected chi connectivity index (χ2v) is 4.99. The molecule has 0 spiro atoms. The van der Waals surface area contributed by atoms with Gasteiger partial charge < -0.3 is 4.90 Å². The Hall–Kier alpha value is -1.64. The molecule has 1 aromatic rings. The van der Waals surface area contributed by atoms with Crippen molar-refractivity contribution in [1.29, 1.82) is 0 Å². The molecule has 1 amide bonds. The van der Waals surface area contributed by atoms with E-state index >= 15 is 0 Å². The maximum atomic E-state index is 12.2. The Bertz CT molecular complexity index is 467. The molecule has 18 heavy (non-hydrogen) atoms. The fraction of sp³-hybridized carbons (Fsp3) is 0.467. The predicted molar refractivity (Wildman–Crippen MR) is 70.5 cm³/mol. The third-order valence-electron chi connectivity index (χ3n) is 3.65. The first kappa shape index (κ1) is 12.8. The molecule has 1 aliphatic heterocycles. The molecule has 1 atom stereocenters. The van der Waals surface area contributed by atoms with Crippen molar-refractivity contribution < 1.29 is 9.59 Å². The zero-order chi connectivity index (χ0) is 13.1. The number of Topliss-reactive ketones (excluding diaryl/α,β-unsaturated/α-hetero) is 1. The van der Waals surface area contributed by atoms with Crippen LogP contribution in [0, 0.1) is 12.8 Å². The Morgan fingerprint density at radius 1 is 1.39 bits per heavy atom. The highest BCUT2D eigenvalue weighted by atomic mass is 16.2. The predicted octanol–water partition coefficient (Wildman–Crippen LogP) is 2.44. The lowest BCUT2D eigenvalue weighted by Gasteiger charge is -2.16. The van der Waals surface area contributed by atoms with Crippen molar-refractivity contribution in [3.05, 3.63) is 35.4 Å². The summed E-state index contributed by atoms with van der Waals surface area (Å²) in [5.41, 5.74) is 1.70. The molecule has 3 nitrogen and oxygen atoms in total. The molecule has 1 heterocycles. The van der Waals surface area contributed by atoms with Crippen LogP contribution in [0.5, 0.6) is 0 Å². The van der Waals surface area contributed by atoms with Gasteiger partial charge in [0.15, 0.2) is 5.78 Å². The average Bonchev–Trinajstić information content (AvgIpc) is 2.70. The van der Waals surface area contributed by atoms with Crippen LogP contribution in [-0.2, 0) is 4.79 Å². The van der Waals surface area contributed by atoms with Gasteiger partial charge in [-0.3, -0.25) is 9.59 Å². The smallest absolute Gasteiger partial charge is 0.223 e. The van der Waals surface area contributed by atoms with Crippen LogP contribution in [0.4, 0.5) is 0 Å². The first-order chi connectivity index (χ1) is 8.61. The molecule has 1 saturated heterocycles. The number of hydrogen-bond donors (Lipinski definition) is 0. The topological polar surface area (TPSA) is 37.4 Å². The summed E-state index contributed by atoms with van der Waals surface area (Å²) in [6.45, 7) is 4.96. The van der Waals surface area contributed by atoms with E-state index in [0.717, 1.165) is 24.1 Å². The highest BCUT2D eigenvalue weighted by Crippen LogP contribution is 2.21. The second-order valence-electron chi connectivity index (χ2n) is 4.99. The van der Waals surface area contributed by atoms with Gasteiger partial charge in [-0.25, -0.2) is 0 Å². The van der Waals surface area contributed by atoms with E-state index in [1.807, 2.05) is 31.2 Å². The minimum absolute atomic E-state index is 0.0400. The first-order valence-electron chi connectivity index (χ1n) is 6.48. The summed E-state index contributed by atoms with van der Waals surface area (Å²) >= 11 is 0. The van der Waals surface area contributed by atoms with Crippen molar-refractivity contribution in [2.45, 2.75) is 26.7 Å². The fourth-order valence-corrected chi connectivity index (χ4v) is 2.42. The summed E-state index contributed by atoms with van der Waals surface area (Å²) in [4.78, 5) is 25.6. The van der Waals surface area contributed by atoms with Crippen molar-refractivity contribution in [3.63, 3.8) is 0 Å². The van der Waals surface area contributed by atoms with Gasteiger partial charge in [-0.2, -0.15) is 0 Å². The van der Waals surface area contributed by atoms with Gasteiger partial charge in [0, 0.05) is 18.5 Å². The summed E-state index contributed by atoms with van der Waals surface area (Å²) in [7, 11) is 0.